The highest BCUT2D eigenvalue weighted by Crippen LogP contribution is 2.21. The summed E-state index contributed by atoms with van der Waals surface area (Å²) in [7, 11) is 0. The third kappa shape index (κ3) is 2.12. The summed E-state index contributed by atoms with van der Waals surface area (Å²) in [5, 5.41) is 0. The van der Waals surface area contributed by atoms with Crippen LogP contribution in [-0.4, -0.2) is 21.1 Å². The minimum Gasteiger partial charge on any atom is -0.494 e. The zero-order chi connectivity index (χ0) is 13.9. The first-order valence-corrected chi connectivity index (χ1v) is 6.59. The molecule has 0 aliphatic carbocycles. The van der Waals surface area contributed by atoms with E-state index in [0.29, 0.717) is 13.2 Å². The van der Waals surface area contributed by atoms with Crippen molar-refractivity contribution in [2.24, 2.45) is 5.73 Å². The third-order valence-corrected chi connectivity index (χ3v) is 3.07. The minimum atomic E-state index is 0.365. The third-order valence-electron chi connectivity index (χ3n) is 3.07. The second-order valence-corrected chi connectivity index (χ2v) is 4.34. The standard InChI is InChI=1S/C15H16N4O/c1-2-20-12-7-5-11(6-8-12)19-14(10-16)18-13-4-3-9-17-15(13)19/h3-9H,2,10,16H2,1H3. The molecule has 0 fully saturated rings. The molecule has 0 spiro atoms. The van der Waals surface area contributed by atoms with Gasteiger partial charge < -0.3 is 10.5 Å². The number of fused-ring (bicyclic) bond motifs is 1. The fourth-order valence-electron chi connectivity index (χ4n) is 2.23. The van der Waals surface area contributed by atoms with Crippen LogP contribution in [0.25, 0.3) is 16.9 Å². The number of hydrogen-bond acceptors (Lipinski definition) is 4. The van der Waals surface area contributed by atoms with Gasteiger partial charge in [0.2, 0.25) is 0 Å². The Kier molecular flexibility index (Phi) is 3.35. The molecule has 0 aliphatic heterocycles. The number of imidazole rings is 1. The van der Waals surface area contributed by atoms with E-state index in [0.717, 1.165) is 28.4 Å². The lowest BCUT2D eigenvalue weighted by molar-refractivity contribution is 0.340. The average Bonchev–Trinajstić information content (AvgIpc) is 2.87. The Labute approximate surface area is 117 Å². The van der Waals surface area contributed by atoms with Gasteiger partial charge in [0, 0.05) is 11.9 Å². The first-order valence-electron chi connectivity index (χ1n) is 6.59. The molecule has 0 bridgehead atoms. The van der Waals surface area contributed by atoms with Crippen LogP contribution in [0.4, 0.5) is 0 Å². The summed E-state index contributed by atoms with van der Waals surface area (Å²) < 4.78 is 7.43. The molecule has 1 aromatic carbocycles. The molecule has 2 N–H and O–H groups in total. The summed E-state index contributed by atoms with van der Waals surface area (Å²) in [5.41, 5.74) is 8.44. The van der Waals surface area contributed by atoms with Crippen LogP contribution in [0.1, 0.15) is 12.7 Å². The van der Waals surface area contributed by atoms with E-state index in [2.05, 4.69) is 9.97 Å². The van der Waals surface area contributed by atoms with E-state index in [-0.39, 0.29) is 0 Å². The largest absolute Gasteiger partial charge is 0.494 e. The quantitative estimate of drug-likeness (QED) is 0.788. The summed E-state index contributed by atoms with van der Waals surface area (Å²) in [5.74, 6) is 1.64. The predicted molar refractivity (Wildman–Crippen MR) is 77.9 cm³/mol. The van der Waals surface area contributed by atoms with E-state index in [1.54, 1.807) is 6.20 Å². The van der Waals surface area contributed by atoms with E-state index in [9.17, 15) is 0 Å². The molecule has 0 saturated heterocycles. The monoisotopic (exact) mass is 268 g/mol. The van der Waals surface area contributed by atoms with E-state index in [1.165, 1.54) is 0 Å². The van der Waals surface area contributed by atoms with Gasteiger partial charge in [0.05, 0.1) is 13.2 Å². The highest BCUT2D eigenvalue weighted by molar-refractivity contribution is 5.73. The smallest absolute Gasteiger partial charge is 0.164 e. The molecule has 0 saturated carbocycles. The Hall–Kier alpha value is -2.40. The van der Waals surface area contributed by atoms with Crippen LogP contribution >= 0.6 is 0 Å². The number of rotatable bonds is 4. The topological polar surface area (TPSA) is 66.0 Å². The molecule has 0 aliphatic rings. The SMILES string of the molecule is CCOc1ccc(-n2c(CN)nc3cccnc32)cc1. The van der Waals surface area contributed by atoms with Gasteiger partial charge in [0.1, 0.15) is 17.1 Å². The van der Waals surface area contributed by atoms with Crippen LogP contribution in [0.2, 0.25) is 0 Å². The molecule has 2 aromatic heterocycles. The van der Waals surface area contributed by atoms with E-state index < -0.39 is 0 Å². The molecular weight excluding hydrogens is 252 g/mol. The highest BCUT2D eigenvalue weighted by atomic mass is 16.5. The molecule has 3 rings (SSSR count). The fraction of sp³-hybridized carbons (Fsp3) is 0.200. The Morgan fingerprint density at radius 3 is 2.70 bits per heavy atom. The maximum absolute atomic E-state index is 5.79. The lowest BCUT2D eigenvalue weighted by Gasteiger charge is -2.09. The number of hydrogen-bond donors (Lipinski definition) is 1. The van der Waals surface area contributed by atoms with Gasteiger partial charge >= 0.3 is 0 Å². The molecular formula is C15H16N4O. The zero-order valence-electron chi connectivity index (χ0n) is 11.3. The van der Waals surface area contributed by atoms with Crippen LogP contribution in [0.5, 0.6) is 5.75 Å². The number of nitrogens with two attached hydrogens (primary N) is 1. The maximum atomic E-state index is 5.79. The molecule has 0 radical (unpaired) electrons. The molecule has 5 nitrogen and oxygen atoms in total. The fourth-order valence-corrected chi connectivity index (χ4v) is 2.23. The Balaban J connectivity index is 2.12. The van der Waals surface area contributed by atoms with Gasteiger partial charge in [-0.1, -0.05) is 0 Å². The Morgan fingerprint density at radius 2 is 2.00 bits per heavy atom. The molecule has 102 valence electrons. The lowest BCUT2D eigenvalue weighted by atomic mass is 10.3. The summed E-state index contributed by atoms with van der Waals surface area (Å²) >= 11 is 0. The van der Waals surface area contributed by atoms with Gasteiger partial charge in [-0.05, 0) is 43.3 Å². The number of ether oxygens (including phenoxy) is 1. The van der Waals surface area contributed by atoms with Crippen LogP contribution in [0, 0.1) is 0 Å². The number of aromatic nitrogens is 3. The van der Waals surface area contributed by atoms with Crippen molar-refractivity contribution >= 4 is 11.2 Å². The average molecular weight is 268 g/mol. The van der Waals surface area contributed by atoms with Crippen LogP contribution in [-0.2, 0) is 6.54 Å². The van der Waals surface area contributed by atoms with Crippen molar-refractivity contribution in [3.8, 4) is 11.4 Å². The van der Waals surface area contributed by atoms with Gasteiger partial charge in [-0.2, -0.15) is 0 Å². The predicted octanol–water partition coefficient (Wildman–Crippen LogP) is 2.28. The second-order valence-electron chi connectivity index (χ2n) is 4.34. The van der Waals surface area contributed by atoms with Crippen molar-refractivity contribution in [2.75, 3.05) is 6.61 Å². The van der Waals surface area contributed by atoms with Crippen molar-refractivity contribution in [3.63, 3.8) is 0 Å². The zero-order valence-corrected chi connectivity index (χ0v) is 11.3. The van der Waals surface area contributed by atoms with Crippen LogP contribution in [0.3, 0.4) is 0 Å². The molecule has 5 heteroatoms. The summed E-state index contributed by atoms with van der Waals surface area (Å²) in [4.78, 5) is 8.91. The van der Waals surface area contributed by atoms with Gasteiger partial charge in [-0.15, -0.1) is 0 Å². The minimum absolute atomic E-state index is 0.365. The van der Waals surface area contributed by atoms with E-state index >= 15 is 0 Å². The van der Waals surface area contributed by atoms with E-state index in [4.69, 9.17) is 10.5 Å². The van der Waals surface area contributed by atoms with Crippen LogP contribution in [0.15, 0.2) is 42.6 Å². The van der Waals surface area contributed by atoms with Gasteiger partial charge in [0.15, 0.2) is 5.65 Å². The van der Waals surface area contributed by atoms with Gasteiger partial charge in [-0.25, -0.2) is 9.97 Å². The maximum Gasteiger partial charge on any atom is 0.164 e. The van der Waals surface area contributed by atoms with Crippen molar-refractivity contribution in [3.05, 3.63) is 48.4 Å². The molecule has 20 heavy (non-hydrogen) atoms. The highest BCUT2D eigenvalue weighted by Gasteiger charge is 2.11. The normalized spacial score (nSPS) is 10.9. The molecule has 3 aromatic rings. The first-order chi connectivity index (χ1) is 9.83. The number of benzene rings is 1. The summed E-state index contributed by atoms with van der Waals surface area (Å²) in [6.45, 7) is 2.99. The van der Waals surface area contributed by atoms with Crippen LogP contribution < -0.4 is 10.5 Å². The molecule has 2 heterocycles. The van der Waals surface area contributed by atoms with Crippen molar-refractivity contribution < 1.29 is 4.74 Å². The second kappa shape index (κ2) is 5.30. The number of nitrogens with zero attached hydrogens (tertiary/aromatic N) is 3. The van der Waals surface area contributed by atoms with Crippen molar-refractivity contribution in [1.29, 1.82) is 0 Å². The Bertz CT molecular complexity index is 718. The van der Waals surface area contributed by atoms with E-state index in [1.807, 2.05) is 47.9 Å². The molecule has 0 unspecified atom stereocenters. The molecule has 0 amide bonds. The van der Waals surface area contributed by atoms with Crippen molar-refractivity contribution in [1.82, 2.24) is 14.5 Å². The number of pyridine rings is 1. The summed E-state index contributed by atoms with van der Waals surface area (Å²) in [6.07, 6.45) is 1.76. The first kappa shape index (κ1) is 12.6. The summed E-state index contributed by atoms with van der Waals surface area (Å²) in [6, 6.07) is 11.7. The van der Waals surface area contributed by atoms with Gasteiger partial charge in [-0.3, -0.25) is 4.57 Å². The lowest BCUT2D eigenvalue weighted by Crippen LogP contribution is -2.07. The molecule has 0 atom stereocenters. The van der Waals surface area contributed by atoms with Crippen molar-refractivity contribution in [2.45, 2.75) is 13.5 Å². The van der Waals surface area contributed by atoms with Gasteiger partial charge in [0.25, 0.3) is 0 Å². The Morgan fingerprint density at radius 1 is 1.20 bits per heavy atom.